The summed E-state index contributed by atoms with van der Waals surface area (Å²) in [6.45, 7) is 3.61. The number of nitrogens with zero attached hydrogens (tertiary/aromatic N) is 3. The lowest BCUT2D eigenvalue weighted by atomic mass is 10.2. The molecule has 2 fully saturated rings. The third-order valence-electron chi connectivity index (χ3n) is 3.97. The van der Waals surface area contributed by atoms with Crippen molar-refractivity contribution in [2.45, 2.75) is 25.3 Å². The summed E-state index contributed by atoms with van der Waals surface area (Å²) in [6, 6.07) is -0.346. The fraction of sp³-hybridized carbons (Fsp3) is 0.769. The Morgan fingerprint density at radius 1 is 1.25 bits per heavy atom. The molecule has 0 aromatic heterocycles. The molecule has 0 spiro atoms. The Balaban J connectivity index is 1.89. The third-order valence-corrected chi connectivity index (χ3v) is 3.97. The molecule has 0 radical (unpaired) electrons. The number of rotatable bonds is 5. The number of carbonyl (C=O) groups excluding carboxylic acids is 2. The minimum atomic E-state index is -0.903. The van der Waals surface area contributed by atoms with Crippen LogP contribution in [0, 0.1) is 0 Å². The highest BCUT2D eigenvalue weighted by molar-refractivity contribution is 6.05. The van der Waals surface area contributed by atoms with Gasteiger partial charge in [0.15, 0.2) is 0 Å². The second kappa shape index (κ2) is 6.32. The van der Waals surface area contributed by atoms with Crippen LogP contribution >= 0.6 is 0 Å². The van der Waals surface area contributed by atoms with Gasteiger partial charge in [0.2, 0.25) is 11.8 Å². The second-order valence-electron chi connectivity index (χ2n) is 5.44. The highest BCUT2D eigenvalue weighted by atomic mass is 16.4. The Morgan fingerprint density at radius 2 is 1.90 bits per heavy atom. The van der Waals surface area contributed by atoms with Gasteiger partial charge in [0.05, 0.1) is 12.5 Å². The van der Waals surface area contributed by atoms with Gasteiger partial charge in [0, 0.05) is 39.1 Å². The monoisotopic (exact) mass is 283 g/mol. The van der Waals surface area contributed by atoms with Crippen molar-refractivity contribution < 1.29 is 19.5 Å². The Bertz CT molecular complexity index is 404. The van der Waals surface area contributed by atoms with Crippen molar-refractivity contribution in [1.29, 1.82) is 0 Å². The Kier molecular flexibility index (Phi) is 4.72. The first-order chi connectivity index (χ1) is 9.49. The number of piperazine rings is 1. The van der Waals surface area contributed by atoms with Crippen molar-refractivity contribution >= 4 is 17.8 Å². The lowest BCUT2D eigenvalue weighted by molar-refractivity contribution is -0.142. The van der Waals surface area contributed by atoms with Crippen molar-refractivity contribution in [3.8, 4) is 0 Å². The van der Waals surface area contributed by atoms with E-state index in [9.17, 15) is 14.4 Å². The standard InChI is InChI=1S/C13H21N3O4/c1-14-5-7-15(8-6-14)10-9-11(17)16(13(10)20)4-2-3-12(18)19/h10H,2-9H2,1H3,(H,18,19). The van der Waals surface area contributed by atoms with Gasteiger partial charge in [-0.2, -0.15) is 0 Å². The molecule has 1 unspecified atom stereocenters. The van der Waals surface area contributed by atoms with Crippen LogP contribution in [0.2, 0.25) is 0 Å². The van der Waals surface area contributed by atoms with E-state index in [2.05, 4.69) is 9.80 Å². The minimum Gasteiger partial charge on any atom is -0.481 e. The predicted octanol–water partition coefficient (Wildman–Crippen LogP) is -0.774. The SMILES string of the molecule is CN1CCN(C2CC(=O)N(CCCC(=O)O)C2=O)CC1. The lowest BCUT2D eigenvalue weighted by Crippen LogP contribution is -2.51. The van der Waals surface area contributed by atoms with E-state index in [0.717, 1.165) is 26.2 Å². The van der Waals surface area contributed by atoms with Crippen molar-refractivity contribution in [2.24, 2.45) is 0 Å². The molecule has 0 aromatic carbocycles. The number of carbonyl (C=O) groups is 3. The van der Waals surface area contributed by atoms with E-state index in [1.165, 1.54) is 4.90 Å². The Labute approximate surface area is 118 Å². The van der Waals surface area contributed by atoms with E-state index in [4.69, 9.17) is 5.11 Å². The number of hydrogen-bond donors (Lipinski definition) is 1. The summed E-state index contributed by atoms with van der Waals surface area (Å²) in [4.78, 5) is 40.1. The Hall–Kier alpha value is -1.47. The largest absolute Gasteiger partial charge is 0.481 e. The molecule has 2 rings (SSSR count). The molecule has 0 saturated carbocycles. The van der Waals surface area contributed by atoms with Crippen LogP contribution in [0.4, 0.5) is 0 Å². The number of carboxylic acid groups (broad SMARTS) is 1. The maximum absolute atomic E-state index is 12.3. The topological polar surface area (TPSA) is 81.2 Å². The maximum atomic E-state index is 12.3. The van der Waals surface area contributed by atoms with Crippen LogP contribution in [0.1, 0.15) is 19.3 Å². The van der Waals surface area contributed by atoms with Crippen molar-refractivity contribution in [3.05, 3.63) is 0 Å². The van der Waals surface area contributed by atoms with Crippen LogP contribution in [-0.2, 0) is 14.4 Å². The molecule has 0 aliphatic carbocycles. The number of imide groups is 1. The predicted molar refractivity (Wildman–Crippen MR) is 71.1 cm³/mol. The summed E-state index contributed by atoms with van der Waals surface area (Å²) in [5.74, 6) is -1.24. The van der Waals surface area contributed by atoms with Gasteiger partial charge < -0.3 is 10.0 Å². The summed E-state index contributed by atoms with van der Waals surface area (Å²) in [5.41, 5.74) is 0. The second-order valence-corrected chi connectivity index (χ2v) is 5.44. The van der Waals surface area contributed by atoms with Gasteiger partial charge in [0.25, 0.3) is 0 Å². The number of likely N-dealkylation sites (tertiary alicyclic amines) is 1. The first kappa shape index (κ1) is 14.9. The fourth-order valence-corrected chi connectivity index (χ4v) is 2.71. The zero-order valence-corrected chi connectivity index (χ0v) is 11.7. The molecule has 20 heavy (non-hydrogen) atoms. The van der Waals surface area contributed by atoms with Crippen LogP contribution in [-0.4, -0.2) is 83.4 Å². The van der Waals surface area contributed by atoms with Crippen LogP contribution < -0.4 is 0 Å². The van der Waals surface area contributed by atoms with Gasteiger partial charge in [-0.15, -0.1) is 0 Å². The van der Waals surface area contributed by atoms with Crippen LogP contribution in [0.5, 0.6) is 0 Å². The number of amides is 2. The van der Waals surface area contributed by atoms with Gasteiger partial charge in [-0.1, -0.05) is 0 Å². The maximum Gasteiger partial charge on any atom is 0.303 e. The molecule has 7 heteroatoms. The van der Waals surface area contributed by atoms with Crippen molar-refractivity contribution in [1.82, 2.24) is 14.7 Å². The molecule has 2 heterocycles. The van der Waals surface area contributed by atoms with Gasteiger partial charge in [-0.3, -0.25) is 24.2 Å². The van der Waals surface area contributed by atoms with Gasteiger partial charge >= 0.3 is 5.97 Å². The highest BCUT2D eigenvalue weighted by Crippen LogP contribution is 2.20. The zero-order chi connectivity index (χ0) is 14.7. The summed E-state index contributed by atoms with van der Waals surface area (Å²) in [5, 5.41) is 8.60. The van der Waals surface area contributed by atoms with Crippen LogP contribution in [0.15, 0.2) is 0 Å². The molecule has 112 valence electrons. The molecule has 1 N–H and O–H groups in total. The van der Waals surface area contributed by atoms with E-state index in [1.807, 2.05) is 7.05 Å². The first-order valence-corrected chi connectivity index (χ1v) is 6.97. The average Bonchev–Trinajstić information content (AvgIpc) is 2.67. The molecule has 2 aliphatic rings. The average molecular weight is 283 g/mol. The molecule has 2 saturated heterocycles. The number of likely N-dealkylation sites (N-methyl/N-ethyl adjacent to an activating group) is 1. The highest BCUT2D eigenvalue weighted by Gasteiger charge is 2.41. The first-order valence-electron chi connectivity index (χ1n) is 6.97. The molecule has 2 aliphatic heterocycles. The molecule has 7 nitrogen and oxygen atoms in total. The normalized spacial score (nSPS) is 25.4. The zero-order valence-electron chi connectivity index (χ0n) is 11.7. The van der Waals surface area contributed by atoms with Crippen LogP contribution in [0.25, 0.3) is 0 Å². The van der Waals surface area contributed by atoms with Crippen LogP contribution in [0.3, 0.4) is 0 Å². The van der Waals surface area contributed by atoms with Gasteiger partial charge in [-0.25, -0.2) is 0 Å². The molecule has 1 atom stereocenters. The van der Waals surface area contributed by atoms with E-state index >= 15 is 0 Å². The Morgan fingerprint density at radius 3 is 2.50 bits per heavy atom. The van der Waals surface area contributed by atoms with Gasteiger partial charge in [-0.05, 0) is 13.5 Å². The van der Waals surface area contributed by atoms with Crippen molar-refractivity contribution in [2.75, 3.05) is 39.8 Å². The quantitative estimate of drug-likeness (QED) is 0.667. The smallest absolute Gasteiger partial charge is 0.303 e. The number of carboxylic acids is 1. The van der Waals surface area contributed by atoms with E-state index in [-0.39, 0.29) is 37.2 Å². The summed E-state index contributed by atoms with van der Waals surface area (Å²) in [7, 11) is 2.04. The van der Waals surface area contributed by atoms with E-state index in [0.29, 0.717) is 6.42 Å². The molecule has 0 aromatic rings. The van der Waals surface area contributed by atoms with E-state index < -0.39 is 5.97 Å². The molecular weight excluding hydrogens is 262 g/mol. The third kappa shape index (κ3) is 3.34. The number of aliphatic carboxylic acids is 1. The number of hydrogen-bond acceptors (Lipinski definition) is 5. The summed E-state index contributed by atoms with van der Waals surface area (Å²) in [6.07, 6.45) is 0.536. The lowest BCUT2D eigenvalue weighted by Gasteiger charge is -2.35. The summed E-state index contributed by atoms with van der Waals surface area (Å²) >= 11 is 0. The fourth-order valence-electron chi connectivity index (χ4n) is 2.71. The molecule has 2 amide bonds. The molecule has 0 bridgehead atoms. The molecular formula is C13H21N3O4. The van der Waals surface area contributed by atoms with Gasteiger partial charge in [0.1, 0.15) is 0 Å². The summed E-state index contributed by atoms with van der Waals surface area (Å²) < 4.78 is 0. The van der Waals surface area contributed by atoms with Crippen molar-refractivity contribution in [3.63, 3.8) is 0 Å². The minimum absolute atomic E-state index is 0.0176. The van der Waals surface area contributed by atoms with E-state index in [1.54, 1.807) is 0 Å².